The topological polar surface area (TPSA) is 40.8 Å². The van der Waals surface area contributed by atoms with Gasteiger partial charge in [-0.1, -0.05) is 6.07 Å². The van der Waals surface area contributed by atoms with Gasteiger partial charge in [0, 0.05) is 32.4 Å². The largest absolute Gasteiger partial charge is 0.353 e. The lowest BCUT2D eigenvalue weighted by Crippen LogP contribution is -2.49. The lowest BCUT2D eigenvalue weighted by Gasteiger charge is -2.34. The molecule has 1 aromatic heterocycles. The Morgan fingerprint density at radius 1 is 1.35 bits per heavy atom. The van der Waals surface area contributed by atoms with Crippen LogP contribution >= 0.6 is 0 Å². The number of hydrogen-bond acceptors (Lipinski definition) is 3. The van der Waals surface area contributed by atoms with Crippen LogP contribution in [0, 0.1) is 6.57 Å². The minimum atomic E-state index is -0.0688. The lowest BCUT2D eigenvalue weighted by molar-refractivity contribution is -0.129. The Hall–Kier alpha value is -2.09. The molecule has 0 radical (unpaired) electrons. The molecule has 0 bridgehead atoms. The van der Waals surface area contributed by atoms with E-state index >= 15 is 0 Å². The Bertz CT molecular complexity index is 418. The van der Waals surface area contributed by atoms with E-state index in [2.05, 4.69) is 14.7 Å². The Labute approximate surface area is 100 Å². The molecule has 2 rings (SSSR count). The van der Waals surface area contributed by atoms with Crippen molar-refractivity contribution in [2.45, 2.75) is 0 Å². The van der Waals surface area contributed by atoms with Crippen LogP contribution in [0.25, 0.3) is 4.85 Å². The summed E-state index contributed by atoms with van der Waals surface area (Å²) in [7, 11) is 0. The molecule has 1 aromatic rings. The van der Waals surface area contributed by atoms with Gasteiger partial charge in [-0.2, -0.15) is 0 Å². The average molecular weight is 230 g/mol. The number of carbonyl (C=O) groups is 1. The number of carbonyl (C=O) groups excluding carboxylic acids is 1. The summed E-state index contributed by atoms with van der Waals surface area (Å²) in [6, 6.07) is 5.81. The third-order valence-corrected chi connectivity index (χ3v) is 2.82. The fourth-order valence-electron chi connectivity index (χ4n) is 1.89. The molecule has 17 heavy (non-hydrogen) atoms. The maximum Gasteiger partial charge on any atom is 0.302 e. The molecule has 1 saturated heterocycles. The first kappa shape index (κ1) is 11.4. The highest BCUT2D eigenvalue weighted by Crippen LogP contribution is 2.12. The molecular weight excluding hydrogens is 216 g/mol. The summed E-state index contributed by atoms with van der Waals surface area (Å²) >= 11 is 0. The molecule has 1 fully saturated rings. The average Bonchev–Trinajstić information content (AvgIpc) is 2.40. The highest BCUT2D eigenvalue weighted by Gasteiger charge is 2.22. The molecule has 0 aliphatic carbocycles. The van der Waals surface area contributed by atoms with Gasteiger partial charge in [0.2, 0.25) is 0 Å². The van der Waals surface area contributed by atoms with Gasteiger partial charge in [0.25, 0.3) is 6.54 Å². The fraction of sp³-hybridized carbons (Fsp3) is 0.417. The van der Waals surface area contributed by atoms with E-state index in [1.807, 2.05) is 18.2 Å². The van der Waals surface area contributed by atoms with Crippen molar-refractivity contribution in [1.82, 2.24) is 9.88 Å². The molecule has 0 spiro atoms. The summed E-state index contributed by atoms with van der Waals surface area (Å²) in [6.07, 6.45) is 1.77. The molecule has 0 atom stereocenters. The number of anilines is 1. The van der Waals surface area contributed by atoms with Gasteiger partial charge in [0.1, 0.15) is 5.82 Å². The Morgan fingerprint density at radius 2 is 2.12 bits per heavy atom. The van der Waals surface area contributed by atoms with Crippen molar-refractivity contribution in [3.8, 4) is 0 Å². The standard InChI is InChI=1S/C12H14N4O/c1-13-10-12(17)16-8-6-15(7-9-16)11-4-2-3-5-14-11/h2-5H,6-10H2. The Balaban J connectivity index is 1.91. The smallest absolute Gasteiger partial charge is 0.302 e. The zero-order chi connectivity index (χ0) is 12.1. The third kappa shape index (κ3) is 2.72. The first-order valence-electron chi connectivity index (χ1n) is 5.58. The summed E-state index contributed by atoms with van der Waals surface area (Å²) in [5, 5.41) is 0. The van der Waals surface area contributed by atoms with E-state index in [4.69, 9.17) is 6.57 Å². The van der Waals surface area contributed by atoms with E-state index in [0.717, 1.165) is 18.9 Å². The number of piperazine rings is 1. The Morgan fingerprint density at radius 3 is 2.71 bits per heavy atom. The van der Waals surface area contributed by atoms with Crippen LogP contribution in [0.5, 0.6) is 0 Å². The van der Waals surface area contributed by atoms with E-state index in [1.54, 1.807) is 11.1 Å². The predicted molar refractivity (Wildman–Crippen MR) is 64.5 cm³/mol. The molecule has 2 heterocycles. The maximum absolute atomic E-state index is 11.5. The van der Waals surface area contributed by atoms with Gasteiger partial charge in [0.15, 0.2) is 0 Å². The zero-order valence-electron chi connectivity index (χ0n) is 9.54. The molecule has 0 N–H and O–H groups in total. The predicted octanol–water partition coefficient (Wildman–Crippen LogP) is 0.649. The summed E-state index contributed by atoms with van der Waals surface area (Å²) in [4.78, 5) is 22.8. The number of aromatic nitrogens is 1. The van der Waals surface area contributed by atoms with Gasteiger partial charge in [-0.25, -0.2) is 11.6 Å². The molecule has 0 unspecified atom stereocenters. The summed E-state index contributed by atoms with van der Waals surface area (Å²) in [5.74, 6) is 0.880. The second-order valence-corrected chi connectivity index (χ2v) is 3.87. The summed E-state index contributed by atoms with van der Waals surface area (Å²) in [6.45, 7) is 9.55. The van der Waals surface area contributed by atoms with E-state index in [-0.39, 0.29) is 12.5 Å². The highest BCUT2D eigenvalue weighted by molar-refractivity contribution is 5.79. The van der Waals surface area contributed by atoms with Crippen LogP contribution in [-0.4, -0.2) is 48.5 Å². The quantitative estimate of drug-likeness (QED) is 0.700. The molecule has 1 amide bonds. The van der Waals surface area contributed by atoms with Crippen LogP contribution in [-0.2, 0) is 4.79 Å². The number of hydrogen-bond donors (Lipinski definition) is 0. The van der Waals surface area contributed by atoms with Crippen molar-refractivity contribution >= 4 is 11.7 Å². The molecule has 1 aliphatic heterocycles. The van der Waals surface area contributed by atoms with Crippen LogP contribution in [0.3, 0.4) is 0 Å². The van der Waals surface area contributed by atoms with Crippen LogP contribution in [0.1, 0.15) is 0 Å². The van der Waals surface area contributed by atoms with Gasteiger partial charge in [-0.15, -0.1) is 0 Å². The van der Waals surface area contributed by atoms with Crippen LogP contribution in [0.15, 0.2) is 24.4 Å². The van der Waals surface area contributed by atoms with Crippen molar-refractivity contribution in [2.75, 3.05) is 37.6 Å². The molecule has 5 heteroatoms. The molecular formula is C12H14N4O. The summed E-state index contributed by atoms with van der Waals surface area (Å²) in [5.41, 5.74) is 0. The minimum absolute atomic E-state index is 0.0381. The number of pyridine rings is 1. The number of nitrogens with zero attached hydrogens (tertiary/aromatic N) is 4. The molecule has 0 saturated carbocycles. The van der Waals surface area contributed by atoms with Crippen molar-refractivity contribution in [3.63, 3.8) is 0 Å². The molecule has 0 aromatic carbocycles. The number of amides is 1. The summed E-state index contributed by atoms with van der Waals surface area (Å²) < 4.78 is 0. The maximum atomic E-state index is 11.5. The molecule has 1 aliphatic rings. The van der Waals surface area contributed by atoms with E-state index < -0.39 is 0 Å². The van der Waals surface area contributed by atoms with Gasteiger partial charge in [0.05, 0.1) is 0 Å². The first-order valence-corrected chi connectivity index (χ1v) is 5.58. The molecule has 5 nitrogen and oxygen atoms in total. The van der Waals surface area contributed by atoms with Crippen molar-refractivity contribution in [2.24, 2.45) is 0 Å². The molecule has 88 valence electrons. The van der Waals surface area contributed by atoms with Gasteiger partial charge < -0.3 is 14.6 Å². The highest BCUT2D eigenvalue weighted by atomic mass is 16.2. The van der Waals surface area contributed by atoms with Crippen LogP contribution < -0.4 is 4.90 Å². The van der Waals surface area contributed by atoms with Gasteiger partial charge >= 0.3 is 5.91 Å². The van der Waals surface area contributed by atoms with Crippen molar-refractivity contribution in [3.05, 3.63) is 35.8 Å². The zero-order valence-corrected chi connectivity index (χ0v) is 9.54. The fourth-order valence-corrected chi connectivity index (χ4v) is 1.89. The Kier molecular flexibility index (Phi) is 3.55. The van der Waals surface area contributed by atoms with Crippen LogP contribution in [0.4, 0.5) is 5.82 Å². The lowest BCUT2D eigenvalue weighted by atomic mass is 10.3. The van der Waals surface area contributed by atoms with Crippen LogP contribution in [0.2, 0.25) is 0 Å². The third-order valence-electron chi connectivity index (χ3n) is 2.82. The van der Waals surface area contributed by atoms with Gasteiger partial charge in [-0.05, 0) is 12.1 Å². The normalized spacial score (nSPS) is 15.5. The van der Waals surface area contributed by atoms with E-state index in [9.17, 15) is 4.79 Å². The SMILES string of the molecule is [C-]#[N+]CC(=O)N1CCN(c2ccccn2)CC1. The van der Waals surface area contributed by atoms with Crippen molar-refractivity contribution in [1.29, 1.82) is 0 Å². The monoisotopic (exact) mass is 230 g/mol. The number of rotatable bonds is 2. The van der Waals surface area contributed by atoms with Crippen molar-refractivity contribution < 1.29 is 4.79 Å². The van der Waals surface area contributed by atoms with Gasteiger partial charge in [-0.3, -0.25) is 4.79 Å². The van der Waals surface area contributed by atoms with E-state index in [0.29, 0.717) is 13.1 Å². The van der Waals surface area contributed by atoms with E-state index in [1.165, 1.54) is 0 Å². The second kappa shape index (κ2) is 5.30. The second-order valence-electron chi connectivity index (χ2n) is 3.87. The minimum Gasteiger partial charge on any atom is -0.353 e. The first-order chi connectivity index (χ1) is 8.31.